The van der Waals surface area contributed by atoms with Gasteiger partial charge in [0.15, 0.2) is 0 Å². The zero-order valence-corrected chi connectivity index (χ0v) is 13.8. The highest BCUT2D eigenvalue weighted by atomic mass is 16.5. The molecule has 0 N–H and O–H groups in total. The van der Waals surface area contributed by atoms with Crippen molar-refractivity contribution < 1.29 is 19.1 Å². The molecule has 122 valence electrons. The summed E-state index contributed by atoms with van der Waals surface area (Å²) in [5, 5.41) is 0. The molecule has 0 aromatic carbocycles. The van der Waals surface area contributed by atoms with E-state index in [1.54, 1.807) is 13.0 Å². The lowest BCUT2D eigenvalue weighted by Gasteiger charge is -2.08. The molecule has 0 aliphatic carbocycles. The molecule has 0 saturated heterocycles. The van der Waals surface area contributed by atoms with Gasteiger partial charge in [0, 0.05) is 12.5 Å². The molecule has 0 aromatic heterocycles. The predicted molar refractivity (Wildman–Crippen MR) is 84.0 cm³/mol. The summed E-state index contributed by atoms with van der Waals surface area (Å²) in [5.41, 5.74) is 0.981. The lowest BCUT2D eigenvalue weighted by Crippen LogP contribution is -2.07. The van der Waals surface area contributed by atoms with Crippen LogP contribution in [0.2, 0.25) is 0 Å². The van der Waals surface area contributed by atoms with Crippen LogP contribution in [0.3, 0.4) is 0 Å². The average Bonchev–Trinajstić information content (AvgIpc) is 2.45. The number of esters is 2. The van der Waals surface area contributed by atoms with Crippen molar-refractivity contribution in [2.75, 3.05) is 13.2 Å². The van der Waals surface area contributed by atoms with Crippen LogP contribution in [0.1, 0.15) is 72.1 Å². The van der Waals surface area contributed by atoms with Crippen molar-refractivity contribution in [3.05, 3.63) is 11.6 Å². The van der Waals surface area contributed by atoms with E-state index in [0.717, 1.165) is 44.1 Å². The van der Waals surface area contributed by atoms with Crippen molar-refractivity contribution in [1.29, 1.82) is 0 Å². The molecule has 0 bridgehead atoms. The Morgan fingerprint density at radius 3 is 2.19 bits per heavy atom. The summed E-state index contributed by atoms with van der Waals surface area (Å²) >= 11 is 0. The minimum absolute atomic E-state index is 0.186. The van der Waals surface area contributed by atoms with E-state index in [4.69, 9.17) is 9.47 Å². The summed E-state index contributed by atoms with van der Waals surface area (Å²) in [7, 11) is 0. The fourth-order valence-electron chi connectivity index (χ4n) is 1.89. The van der Waals surface area contributed by atoms with Crippen LogP contribution in [0.15, 0.2) is 11.6 Å². The van der Waals surface area contributed by atoms with Gasteiger partial charge in [0.05, 0.1) is 13.2 Å². The number of hydrogen-bond donors (Lipinski definition) is 0. The van der Waals surface area contributed by atoms with Gasteiger partial charge in [-0.25, -0.2) is 4.79 Å². The van der Waals surface area contributed by atoms with Gasteiger partial charge < -0.3 is 9.47 Å². The van der Waals surface area contributed by atoms with E-state index in [2.05, 4.69) is 13.8 Å². The molecule has 0 aliphatic heterocycles. The summed E-state index contributed by atoms with van der Waals surface area (Å²) in [5.74, 6) is -0.503. The first-order chi connectivity index (χ1) is 10.1. The molecule has 0 aromatic rings. The third-order valence-electron chi connectivity index (χ3n) is 3.12. The van der Waals surface area contributed by atoms with E-state index in [1.165, 1.54) is 0 Å². The second-order valence-electron chi connectivity index (χ2n) is 5.09. The second kappa shape index (κ2) is 13.7. The van der Waals surface area contributed by atoms with Gasteiger partial charge in [-0.1, -0.05) is 38.7 Å². The van der Waals surface area contributed by atoms with Crippen molar-refractivity contribution in [3.8, 4) is 0 Å². The second-order valence-corrected chi connectivity index (χ2v) is 5.09. The van der Waals surface area contributed by atoms with Gasteiger partial charge in [0.2, 0.25) is 0 Å². The first-order valence-corrected chi connectivity index (χ1v) is 8.15. The van der Waals surface area contributed by atoms with E-state index in [-0.39, 0.29) is 11.9 Å². The zero-order chi connectivity index (χ0) is 15.9. The summed E-state index contributed by atoms with van der Waals surface area (Å²) in [6.45, 7) is 6.84. The number of carbonyl (C=O) groups is 2. The molecule has 0 unspecified atom stereocenters. The van der Waals surface area contributed by atoms with Gasteiger partial charge in [-0.05, 0) is 32.6 Å². The largest absolute Gasteiger partial charge is 0.466 e. The quantitative estimate of drug-likeness (QED) is 0.308. The molecule has 0 radical (unpaired) electrons. The molecule has 4 nitrogen and oxygen atoms in total. The third-order valence-corrected chi connectivity index (χ3v) is 3.12. The Labute approximate surface area is 128 Å². The number of ether oxygens (including phenoxy) is 2. The van der Waals surface area contributed by atoms with Gasteiger partial charge in [-0.15, -0.1) is 0 Å². The summed E-state index contributed by atoms with van der Waals surface area (Å²) in [4.78, 5) is 23.1. The topological polar surface area (TPSA) is 52.6 Å². The minimum atomic E-state index is -0.316. The van der Waals surface area contributed by atoms with Crippen LogP contribution in [0.25, 0.3) is 0 Å². The molecule has 0 rings (SSSR count). The molecule has 4 heteroatoms. The Hall–Kier alpha value is -1.32. The van der Waals surface area contributed by atoms with Crippen LogP contribution in [-0.4, -0.2) is 25.2 Å². The Bertz CT molecular complexity index is 321. The number of rotatable bonds is 12. The number of unbranched alkanes of at least 4 members (excludes halogenated alkanes) is 3. The summed E-state index contributed by atoms with van der Waals surface area (Å²) < 4.78 is 10.1. The molecule has 21 heavy (non-hydrogen) atoms. The van der Waals surface area contributed by atoms with Crippen molar-refractivity contribution in [1.82, 2.24) is 0 Å². The number of hydrogen-bond acceptors (Lipinski definition) is 4. The number of allylic oxidation sites excluding steroid dienone is 1. The van der Waals surface area contributed by atoms with Crippen molar-refractivity contribution in [2.24, 2.45) is 0 Å². The first kappa shape index (κ1) is 19.7. The molecule has 0 saturated carbocycles. The van der Waals surface area contributed by atoms with Gasteiger partial charge in [0.1, 0.15) is 0 Å². The Morgan fingerprint density at radius 1 is 0.857 bits per heavy atom. The van der Waals surface area contributed by atoms with Gasteiger partial charge in [0.25, 0.3) is 0 Å². The van der Waals surface area contributed by atoms with Crippen molar-refractivity contribution in [3.63, 3.8) is 0 Å². The molecule has 0 heterocycles. The van der Waals surface area contributed by atoms with Crippen LogP contribution in [0, 0.1) is 0 Å². The van der Waals surface area contributed by atoms with Crippen LogP contribution in [0.5, 0.6) is 0 Å². The highest BCUT2D eigenvalue weighted by Crippen LogP contribution is 2.15. The maximum absolute atomic E-state index is 11.6. The normalized spacial score (nSPS) is 11.3. The average molecular weight is 298 g/mol. The van der Waals surface area contributed by atoms with Gasteiger partial charge in [-0.2, -0.15) is 0 Å². The van der Waals surface area contributed by atoms with E-state index in [1.807, 2.05) is 0 Å². The van der Waals surface area contributed by atoms with Crippen LogP contribution in [-0.2, 0) is 19.1 Å². The zero-order valence-electron chi connectivity index (χ0n) is 13.8. The summed E-state index contributed by atoms with van der Waals surface area (Å²) in [6.07, 6.45) is 8.49. The molecule has 0 aliphatic rings. The fourth-order valence-corrected chi connectivity index (χ4v) is 1.89. The molecular weight excluding hydrogens is 268 g/mol. The number of carbonyl (C=O) groups excluding carboxylic acids is 2. The maximum Gasteiger partial charge on any atom is 0.330 e. The summed E-state index contributed by atoms with van der Waals surface area (Å²) in [6, 6.07) is 0. The first-order valence-electron chi connectivity index (χ1n) is 8.15. The highest BCUT2D eigenvalue weighted by Gasteiger charge is 2.08. The molecule has 0 atom stereocenters. The van der Waals surface area contributed by atoms with E-state index >= 15 is 0 Å². The monoisotopic (exact) mass is 298 g/mol. The van der Waals surface area contributed by atoms with E-state index in [0.29, 0.717) is 26.1 Å². The molecule has 0 spiro atoms. The fraction of sp³-hybridized carbons (Fsp3) is 0.765. The standard InChI is InChI=1S/C17H30O4/c1-4-7-9-10-15(14-17(19)20-6-3)11-12-16(18)21-13-8-5-2/h14H,4-13H2,1-3H3/b15-14+. The van der Waals surface area contributed by atoms with E-state index < -0.39 is 0 Å². The van der Waals surface area contributed by atoms with Gasteiger partial charge in [-0.3, -0.25) is 4.79 Å². The van der Waals surface area contributed by atoms with Crippen molar-refractivity contribution >= 4 is 11.9 Å². The predicted octanol–water partition coefficient (Wildman–Crippen LogP) is 4.18. The van der Waals surface area contributed by atoms with Crippen LogP contribution < -0.4 is 0 Å². The van der Waals surface area contributed by atoms with Crippen LogP contribution >= 0.6 is 0 Å². The maximum atomic E-state index is 11.6. The molecule has 0 amide bonds. The smallest absolute Gasteiger partial charge is 0.330 e. The lowest BCUT2D eigenvalue weighted by molar-refractivity contribution is -0.144. The van der Waals surface area contributed by atoms with Crippen molar-refractivity contribution in [2.45, 2.75) is 72.1 Å². The Morgan fingerprint density at radius 2 is 1.57 bits per heavy atom. The SMILES string of the molecule is CCCCC/C(=C\C(=O)OCC)CCC(=O)OCCCC. The minimum Gasteiger partial charge on any atom is -0.466 e. The Kier molecular flexibility index (Phi) is 12.8. The van der Waals surface area contributed by atoms with Gasteiger partial charge >= 0.3 is 11.9 Å². The molecule has 0 fully saturated rings. The van der Waals surface area contributed by atoms with Crippen LogP contribution in [0.4, 0.5) is 0 Å². The van der Waals surface area contributed by atoms with E-state index in [9.17, 15) is 9.59 Å². The lowest BCUT2D eigenvalue weighted by atomic mass is 10.0. The molecular formula is C17H30O4. The Balaban J connectivity index is 4.25. The third kappa shape index (κ3) is 12.2. The highest BCUT2D eigenvalue weighted by molar-refractivity contribution is 5.83.